The second kappa shape index (κ2) is 7.17. The number of nitrogens with zero attached hydrogens (tertiary/aromatic N) is 1. The van der Waals surface area contributed by atoms with Crippen LogP contribution in [0.5, 0.6) is 5.75 Å². The zero-order valence-corrected chi connectivity index (χ0v) is 13.2. The van der Waals surface area contributed by atoms with E-state index in [2.05, 4.69) is 0 Å². The Morgan fingerprint density at radius 2 is 1.60 bits per heavy atom. The lowest BCUT2D eigenvalue weighted by atomic mass is 10.1. The van der Waals surface area contributed by atoms with Crippen LogP contribution in [0.3, 0.4) is 0 Å². The number of hydrogen-bond donors (Lipinski definition) is 0. The van der Waals surface area contributed by atoms with Crippen molar-refractivity contribution in [3.05, 3.63) is 29.8 Å². The molecule has 0 saturated heterocycles. The van der Waals surface area contributed by atoms with Gasteiger partial charge < -0.3 is 14.4 Å². The molecule has 0 aliphatic heterocycles. The van der Waals surface area contributed by atoms with E-state index in [1.54, 1.807) is 12.0 Å². The largest absolute Gasteiger partial charge is 0.496 e. The molecule has 1 atom stereocenters. The minimum Gasteiger partial charge on any atom is -0.496 e. The van der Waals surface area contributed by atoms with Gasteiger partial charge in [0, 0.05) is 17.6 Å². The van der Waals surface area contributed by atoms with Gasteiger partial charge in [-0.3, -0.25) is 0 Å². The van der Waals surface area contributed by atoms with Gasteiger partial charge in [-0.1, -0.05) is 18.2 Å². The predicted molar refractivity (Wildman–Crippen MR) is 80.0 cm³/mol. The highest BCUT2D eigenvalue weighted by Gasteiger charge is 2.24. The third-order valence-electron chi connectivity index (χ3n) is 3.18. The summed E-state index contributed by atoms with van der Waals surface area (Å²) in [5.41, 5.74) is 0.871. The van der Waals surface area contributed by atoms with Gasteiger partial charge in [0.2, 0.25) is 0 Å². The first-order chi connectivity index (χ1) is 9.38. The molecule has 112 valence electrons. The highest BCUT2D eigenvalue weighted by Crippen LogP contribution is 2.27. The summed E-state index contributed by atoms with van der Waals surface area (Å²) < 4.78 is 10.9. The Morgan fingerprint density at radius 3 is 2.10 bits per heavy atom. The Morgan fingerprint density at radius 1 is 1.05 bits per heavy atom. The molecule has 0 aliphatic carbocycles. The first-order valence-corrected chi connectivity index (χ1v) is 7.00. The lowest BCUT2D eigenvalue weighted by molar-refractivity contribution is 0.0504. The van der Waals surface area contributed by atoms with E-state index in [-0.39, 0.29) is 24.3 Å². The van der Waals surface area contributed by atoms with E-state index in [1.165, 1.54) is 0 Å². The van der Waals surface area contributed by atoms with Crippen molar-refractivity contribution in [2.24, 2.45) is 0 Å². The molecule has 0 radical (unpaired) electrons. The summed E-state index contributed by atoms with van der Waals surface area (Å²) in [6.45, 7) is 9.78. The van der Waals surface area contributed by atoms with Crippen LogP contribution in [0.2, 0.25) is 0 Å². The van der Waals surface area contributed by atoms with Gasteiger partial charge in [-0.05, 0) is 40.7 Å². The van der Waals surface area contributed by atoms with Crippen molar-refractivity contribution in [3.8, 4) is 5.75 Å². The fourth-order valence-electron chi connectivity index (χ4n) is 2.30. The van der Waals surface area contributed by atoms with Crippen molar-refractivity contribution in [1.82, 2.24) is 4.90 Å². The van der Waals surface area contributed by atoms with Crippen LogP contribution in [-0.2, 0) is 4.74 Å². The van der Waals surface area contributed by atoms with Gasteiger partial charge in [-0.15, -0.1) is 0 Å². The summed E-state index contributed by atoms with van der Waals surface area (Å²) in [5, 5.41) is 0. The van der Waals surface area contributed by atoms with Crippen molar-refractivity contribution < 1.29 is 14.3 Å². The Hall–Kier alpha value is -1.71. The molecule has 0 spiro atoms. The van der Waals surface area contributed by atoms with E-state index in [1.807, 2.05) is 58.9 Å². The Labute approximate surface area is 121 Å². The molecule has 1 aromatic carbocycles. The molecule has 0 aliphatic rings. The molecule has 1 unspecified atom stereocenters. The number of carbonyl (C=O) groups excluding carboxylic acids is 1. The average molecular weight is 279 g/mol. The topological polar surface area (TPSA) is 38.8 Å². The van der Waals surface area contributed by atoms with Crippen LogP contribution in [0.1, 0.15) is 46.3 Å². The number of hydrogen-bond acceptors (Lipinski definition) is 3. The highest BCUT2D eigenvalue weighted by atomic mass is 16.6. The zero-order chi connectivity index (χ0) is 15.3. The summed E-state index contributed by atoms with van der Waals surface area (Å²) in [5.74, 6) is 0.730. The van der Waals surface area contributed by atoms with Crippen molar-refractivity contribution in [1.29, 1.82) is 0 Å². The molecular weight excluding hydrogens is 254 g/mol. The summed E-state index contributed by atoms with van der Waals surface area (Å²) in [7, 11) is 1.61. The molecule has 1 aromatic rings. The van der Waals surface area contributed by atoms with Crippen molar-refractivity contribution in [2.75, 3.05) is 7.11 Å². The van der Waals surface area contributed by atoms with Crippen LogP contribution in [0.25, 0.3) is 0 Å². The summed E-state index contributed by atoms with van der Waals surface area (Å²) in [6.07, 6.45) is -0.646. The molecular formula is C16H25NO3. The number of amides is 1. The fraction of sp³-hybridized carbons (Fsp3) is 0.562. The van der Waals surface area contributed by atoms with E-state index in [0.29, 0.717) is 0 Å². The summed E-state index contributed by atoms with van der Waals surface area (Å²) in [4.78, 5) is 14.0. The molecule has 20 heavy (non-hydrogen) atoms. The average Bonchev–Trinajstić information content (AvgIpc) is 2.37. The maximum absolute atomic E-state index is 12.3. The smallest absolute Gasteiger partial charge is 0.410 e. The van der Waals surface area contributed by atoms with Gasteiger partial charge in [-0.2, -0.15) is 0 Å². The second-order valence-corrected chi connectivity index (χ2v) is 5.36. The fourth-order valence-corrected chi connectivity index (χ4v) is 2.30. The first kappa shape index (κ1) is 16.3. The molecule has 4 heteroatoms. The normalized spacial score (nSPS) is 12.4. The van der Waals surface area contributed by atoms with E-state index < -0.39 is 0 Å². The van der Waals surface area contributed by atoms with Crippen LogP contribution in [0.4, 0.5) is 4.79 Å². The molecule has 0 heterocycles. The van der Waals surface area contributed by atoms with Crippen molar-refractivity contribution in [3.63, 3.8) is 0 Å². The van der Waals surface area contributed by atoms with Crippen LogP contribution in [0, 0.1) is 0 Å². The zero-order valence-electron chi connectivity index (χ0n) is 13.2. The van der Waals surface area contributed by atoms with Gasteiger partial charge in [0.05, 0.1) is 7.11 Å². The lowest BCUT2D eigenvalue weighted by Gasteiger charge is -2.31. The van der Waals surface area contributed by atoms with Crippen LogP contribution in [0.15, 0.2) is 24.3 Å². The number of benzene rings is 1. The number of methoxy groups -OCH3 is 1. The van der Waals surface area contributed by atoms with E-state index in [9.17, 15) is 4.79 Å². The molecule has 0 fully saturated rings. The minimum atomic E-state index is -0.348. The molecule has 1 rings (SSSR count). The molecule has 1 amide bonds. The molecule has 0 bridgehead atoms. The van der Waals surface area contributed by atoms with Crippen LogP contribution >= 0.6 is 0 Å². The van der Waals surface area contributed by atoms with Gasteiger partial charge >= 0.3 is 6.09 Å². The Kier molecular flexibility index (Phi) is 5.86. The van der Waals surface area contributed by atoms with Crippen molar-refractivity contribution in [2.45, 2.75) is 52.8 Å². The highest BCUT2D eigenvalue weighted by molar-refractivity contribution is 5.68. The SMILES string of the molecule is COc1ccccc1C(C)OC(=O)N(C(C)C)C(C)C. The molecule has 4 nitrogen and oxygen atoms in total. The maximum atomic E-state index is 12.3. The quantitative estimate of drug-likeness (QED) is 0.817. The summed E-state index contributed by atoms with van der Waals surface area (Å²) >= 11 is 0. The third-order valence-corrected chi connectivity index (χ3v) is 3.18. The lowest BCUT2D eigenvalue weighted by Crippen LogP contribution is -2.42. The number of carbonyl (C=O) groups is 1. The monoisotopic (exact) mass is 279 g/mol. The van der Waals surface area contributed by atoms with Crippen LogP contribution in [-0.4, -0.2) is 30.2 Å². The molecule has 0 N–H and O–H groups in total. The van der Waals surface area contributed by atoms with Gasteiger partial charge in [0.25, 0.3) is 0 Å². The standard InChI is InChI=1S/C16H25NO3/c1-11(2)17(12(3)4)16(18)20-13(5)14-9-7-8-10-15(14)19-6/h7-13H,1-6H3. The summed E-state index contributed by atoms with van der Waals surface area (Å²) in [6, 6.07) is 7.78. The Bertz CT molecular complexity index is 435. The minimum absolute atomic E-state index is 0.104. The van der Waals surface area contributed by atoms with Crippen LogP contribution < -0.4 is 4.74 Å². The number of ether oxygens (including phenoxy) is 2. The van der Waals surface area contributed by atoms with E-state index >= 15 is 0 Å². The van der Waals surface area contributed by atoms with E-state index in [4.69, 9.17) is 9.47 Å². The molecule has 0 aromatic heterocycles. The van der Waals surface area contributed by atoms with Gasteiger partial charge in [0.1, 0.15) is 11.9 Å². The number of rotatable bonds is 5. The maximum Gasteiger partial charge on any atom is 0.410 e. The predicted octanol–water partition coefficient (Wildman–Crippen LogP) is 4.01. The van der Waals surface area contributed by atoms with E-state index in [0.717, 1.165) is 11.3 Å². The Balaban J connectivity index is 2.84. The van der Waals surface area contributed by atoms with Crippen molar-refractivity contribution >= 4 is 6.09 Å². The first-order valence-electron chi connectivity index (χ1n) is 7.00. The number of para-hydroxylation sites is 1. The third kappa shape index (κ3) is 3.89. The van der Waals surface area contributed by atoms with Gasteiger partial charge in [0.15, 0.2) is 0 Å². The molecule has 0 saturated carbocycles. The second-order valence-electron chi connectivity index (χ2n) is 5.36. The van der Waals surface area contributed by atoms with Gasteiger partial charge in [-0.25, -0.2) is 4.79 Å².